The van der Waals surface area contributed by atoms with Gasteiger partial charge in [-0.05, 0) is 26.7 Å². The van der Waals surface area contributed by atoms with E-state index in [4.69, 9.17) is 9.47 Å². The minimum atomic E-state index is 0.102. The van der Waals surface area contributed by atoms with Gasteiger partial charge in [0, 0.05) is 25.8 Å². The van der Waals surface area contributed by atoms with Crippen molar-refractivity contribution in [3.05, 3.63) is 0 Å². The van der Waals surface area contributed by atoms with E-state index >= 15 is 0 Å². The fourth-order valence-electron chi connectivity index (χ4n) is 2.29. The number of hydrogen-bond donors (Lipinski definition) is 1. The largest absolute Gasteiger partial charge is 0.377 e. The summed E-state index contributed by atoms with van der Waals surface area (Å²) in [7, 11) is 0. The third-order valence-corrected chi connectivity index (χ3v) is 3.75. The van der Waals surface area contributed by atoms with E-state index < -0.39 is 0 Å². The molecular formula is C19H37NO4. The van der Waals surface area contributed by atoms with Crippen LogP contribution in [0.15, 0.2) is 0 Å². The van der Waals surface area contributed by atoms with Crippen molar-refractivity contribution in [3.8, 4) is 0 Å². The van der Waals surface area contributed by atoms with E-state index in [9.17, 15) is 9.59 Å². The molecular weight excluding hydrogens is 306 g/mol. The van der Waals surface area contributed by atoms with E-state index in [0.29, 0.717) is 45.0 Å². The van der Waals surface area contributed by atoms with Crippen molar-refractivity contribution in [1.29, 1.82) is 0 Å². The monoisotopic (exact) mass is 343 g/mol. The molecule has 0 saturated heterocycles. The van der Waals surface area contributed by atoms with Gasteiger partial charge in [-0.2, -0.15) is 0 Å². The highest BCUT2D eigenvalue weighted by atomic mass is 16.5. The Kier molecular flexibility index (Phi) is 16.2. The molecule has 0 aromatic rings. The second kappa shape index (κ2) is 16.9. The molecule has 0 aromatic carbocycles. The summed E-state index contributed by atoms with van der Waals surface area (Å²) in [5.74, 6) is 0.466. The SMILES string of the molecule is CCC(=O)CCCCCCCCC(=O)NCCOCCOC(C)C. The molecule has 1 amide bonds. The van der Waals surface area contributed by atoms with Gasteiger partial charge in [0.05, 0.1) is 25.9 Å². The number of carbonyl (C=O) groups excluding carboxylic acids is 2. The number of Topliss-reactive ketones (excluding diaryl/α,β-unsaturated/α-hetero) is 1. The molecule has 1 N–H and O–H groups in total. The summed E-state index contributed by atoms with van der Waals surface area (Å²) in [5.41, 5.74) is 0. The lowest BCUT2D eigenvalue weighted by Crippen LogP contribution is -2.27. The van der Waals surface area contributed by atoms with Gasteiger partial charge < -0.3 is 14.8 Å². The molecule has 0 aliphatic rings. The molecule has 0 fully saturated rings. The van der Waals surface area contributed by atoms with Crippen molar-refractivity contribution in [1.82, 2.24) is 5.32 Å². The summed E-state index contributed by atoms with van der Waals surface area (Å²) in [6, 6.07) is 0. The van der Waals surface area contributed by atoms with E-state index in [0.717, 1.165) is 44.9 Å². The molecule has 24 heavy (non-hydrogen) atoms. The zero-order valence-corrected chi connectivity index (χ0v) is 15.9. The molecule has 0 spiro atoms. The standard InChI is InChI=1S/C19H37NO4/c1-4-18(21)11-9-7-5-6-8-10-12-19(22)20-13-14-23-15-16-24-17(2)3/h17H,4-16H2,1-3H3,(H,20,22). The van der Waals surface area contributed by atoms with Crippen molar-refractivity contribution in [2.24, 2.45) is 0 Å². The van der Waals surface area contributed by atoms with Crippen LogP contribution in [-0.4, -0.2) is 44.2 Å². The third-order valence-electron chi connectivity index (χ3n) is 3.75. The van der Waals surface area contributed by atoms with Gasteiger partial charge in [-0.15, -0.1) is 0 Å². The molecule has 0 aliphatic heterocycles. The van der Waals surface area contributed by atoms with Crippen LogP contribution in [-0.2, 0) is 19.1 Å². The zero-order valence-electron chi connectivity index (χ0n) is 15.9. The van der Waals surface area contributed by atoms with Crippen LogP contribution in [0, 0.1) is 0 Å². The highest BCUT2D eigenvalue weighted by molar-refractivity contribution is 5.77. The summed E-state index contributed by atoms with van der Waals surface area (Å²) in [6.07, 6.45) is 8.65. The average Bonchev–Trinajstić information content (AvgIpc) is 2.55. The van der Waals surface area contributed by atoms with Gasteiger partial charge in [0.15, 0.2) is 0 Å². The first-order valence-corrected chi connectivity index (χ1v) is 9.54. The maximum Gasteiger partial charge on any atom is 0.220 e. The molecule has 0 saturated carbocycles. The molecule has 0 bridgehead atoms. The first kappa shape index (κ1) is 23.1. The highest BCUT2D eigenvalue weighted by Gasteiger charge is 2.01. The number of carbonyl (C=O) groups is 2. The van der Waals surface area contributed by atoms with Crippen LogP contribution < -0.4 is 5.32 Å². The lowest BCUT2D eigenvalue weighted by molar-refractivity contribution is -0.121. The summed E-state index contributed by atoms with van der Waals surface area (Å²) < 4.78 is 10.7. The van der Waals surface area contributed by atoms with Crippen LogP contribution in [0.1, 0.15) is 78.6 Å². The third kappa shape index (κ3) is 17.4. The van der Waals surface area contributed by atoms with E-state index in [1.54, 1.807) is 0 Å². The van der Waals surface area contributed by atoms with Gasteiger partial charge in [0.25, 0.3) is 0 Å². The van der Waals surface area contributed by atoms with Crippen molar-refractivity contribution in [3.63, 3.8) is 0 Å². The number of hydrogen-bond acceptors (Lipinski definition) is 4. The van der Waals surface area contributed by atoms with Crippen molar-refractivity contribution in [2.75, 3.05) is 26.4 Å². The topological polar surface area (TPSA) is 64.6 Å². The van der Waals surface area contributed by atoms with E-state index in [1.807, 2.05) is 20.8 Å². The zero-order chi connectivity index (χ0) is 18.0. The summed E-state index contributed by atoms with van der Waals surface area (Å²) in [5, 5.41) is 2.87. The fraction of sp³-hybridized carbons (Fsp3) is 0.895. The maximum atomic E-state index is 11.6. The quantitative estimate of drug-likeness (QED) is 0.410. The number of amides is 1. The summed E-state index contributed by atoms with van der Waals surface area (Å²) in [4.78, 5) is 22.8. The van der Waals surface area contributed by atoms with Crippen LogP contribution in [0.3, 0.4) is 0 Å². The Morgan fingerprint density at radius 2 is 1.50 bits per heavy atom. The van der Waals surface area contributed by atoms with E-state index in [2.05, 4.69) is 5.32 Å². The Morgan fingerprint density at radius 3 is 2.12 bits per heavy atom. The van der Waals surface area contributed by atoms with Gasteiger partial charge in [-0.1, -0.05) is 32.6 Å². The van der Waals surface area contributed by atoms with Gasteiger partial charge in [0.2, 0.25) is 5.91 Å². The van der Waals surface area contributed by atoms with Crippen molar-refractivity contribution in [2.45, 2.75) is 84.7 Å². The van der Waals surface area contributed by atoms with Gasteiger partial charge in [-0.3, -0.25) is 9.59 Å². The molecule has 0 rings (SSSR count). The molecule has 5 nitrogen and oxygen atoms in total. The number of ketones is 1. The van der Waals surface area contributed by atoms with Gasteiger partial charge >= 0.3 is 0 Å². The summed E-state index contributed by atoms with van der Waals surface area (Å²) in [6.45, 7) is 8.16. The number of ether oxygens (including phenoxy) is 2. The molecule has 0 unspecified atom stereocenters. The smallest absolute Gasteiger partial charge is 0.220 e. The maximum absolute atomic E-state index is 11.6. The molecule has 0 radical (unpaired) electrons. The number of nitrogens with one attached hydrogen (secondary N) is 1. The summed E-state index contributed by atoms with van der Waals surface area (Å²) >= 11 is 0. The molecule has 142 valence electrons. The molecule has 0 atom stereocenters. The van der Waals surface area contributed by atoms with Crippen LogP contribution in [0.4, 0.5) is 0 Å². The minimum Gasteiger partial charge on any atom is -0.377 e. The Morgan fingerprint density at radius 1 is 0.875 bits per heavy atom. The predicted octanol–water partition coefficient (Wildman–Crippen LogP) is 3.64. The fourth-order valence-corrected chi connectivity index (χ4v) is 2.29. The van der Waals surface area contributed by atoms with Crippen LogP contribution in [0.5, 0.6) is 0 Å². The number of rotatable bonds is 17. The van der Waals surface area contributed by atoms with Crippen LogP contribution in [0.25, 0.3) is 0 Å². The van der Waals surface area contributed by atoms with Gasteiger partial charge in [0.1, 0.15) is 5.78 Å². The lowest BCUT2D eigenvalue weighted by atomic mass is 10.1. The minimum absolute atomic E-state index is 0.102. The average molecular weight is 344 g/mol. The second-order valence-corrected chi connectivity index (χ2v) is 6.40. The normalized spacial score (nSPS) is 11.0. The molecule has 5 heteroatoms. The van der Waals surface area contributed by atoms with Crippen LogP contribution >= 0.6 is 0 Å². The van der Waals surface area contributed by atoms with E-state index in [1.165, 1.54) is 0 Å². The lowest BCUT2D eigenvalue weighted by Gasteiger charge is -2.09. The Balaban J connectivity index is 3.22. The second-order valence-electron chi connectivity index (χ2n) is 6.40. The first-order chi connectivity index (χ1) is 11.6. The first-order valence-electron chi connectivity index (χ1n) is 9.54. The van der Waals surface area contributed by atoms with Gasteiger partial charge in [-0.25, -0.2) is 0 Å². The molecule has 0 aromatic heterocycles. The van der Waals surface area contributed by atoms with E-state index in [-0.39, 0.29) is 12.0 Å². The predicted molar refractivity (Wildman–Crippen MR) is 97.2 cm³/mol. The highest BCUT2D eigenvalue weighted by Crippen LogP contribution is 2.09. The molecule has 0 heterocycles. The Labute approximate surface area is 147 Å². The molecule has 0 aliphatic carbocycles. The van der Waals surface area contributed by atoms with Crippen LogP contribution in [0.2, 0.25) is 0 Å². The number of unbranched alkanes of at least 4 members (excludes halogenated alkanes) is 5. The Hall–Kier alpha value is -0.940. The van der Waals surface area contributed by atoms with Crippen molar-refractivity contribution >= 4 is 11.7 Å². The Bertz CT molecular complexity index is 318. The van der Waals surface area contributed by atoms with Crippen molar-refractivity contribution < 1.29 is 19.1 Å².